The number of nitrogens with one attached hydrogen (secondary N) is 2. The molecule has 2 N–H and O–H groups in total. The van der Waals surface area contributed by atoms with Gasteiger partial charge in [-0.15, -0.1) is 0 Å². The van der Waals surface area contributed by atoms with E-state index in [-0.39, 0.29) is 0 Å². The van der Waals surface area contributed by atoms with E-state index in [1.54, 1.807) is 0 Å². The molecule has 0 bridgehead atoms. The summed E-state index contributed by atoms with van der Waals surface area (Å²) < 4.78 is 0. The summed E-state index contributed by atoms with van der Waals surface area (Å²) >= 11 is 0. The van der Waals surface area contributed by atoms with Gasteiger partial charge in [-0.25, -0.2) is 9.97 Å². The number of benzene rings is 1. The van der Waals surface area contributed by atoms with Gasteiger partial charge in [0.2, 0.25) is 5.95 Å². The largest absolute Gasteiger partial charge is 0.352 e. The van der Waals surface area contributed by atoms with Crippen molar-refractivity contribution in [3.05, 3.63) is 53.9 Å². The molecule has 4 nitrogen and oxygen atoms in total. The molecule has 4 heteroatoms. The van der Waals surface area contributed by atoms with Crippen LogP contribution in [0.25, 0.3) is 0 Å². The van der Waals surface area contributed by atoms with E-state index in [2.05, 4.69) is 71.7 Å². The van der Waals surface area contributed by atoms with Crippen LogP contribution in [0.15, 0.2) is 42.7 Å². The van der Waals surface area contributed by atoms with Crippen LogP contribution in [0.3, 0.4) is 0 Å². The second-order valence-corrected chi connectivity index (χ2v) is 6.02. The molecule has 1 aromatic heterocycles. The summed E-state index contributed by atoms with van der Waals surface area (Å²) in [5.74, 6) is 0.691. The first-order chi connectivity index (χ1) is 10.6. The van der Waals surface area contributed by atoms with Gasteiger partial charge in [0, 0.05) is 36.6 Å². The van der Waals surface area contributed by atoms with Crippen LogP contribution < -0.4 is 10.6 Å². The molecule has 0 amide bonds. The van der Waals surface area contributed by atoms with Crippen molar-refractivity contribution in [3.63, 3.8) is 0 Å². The van der Waals surface area contributed by atoms with Gasteiger partial charge in [-0.2, -0.15) is 0 Å². The molecule has 0 saturated heterocycles. The lowest BCUT2D eigenvalue weighted by Gasteiger charge is -2.14. The van der Waals surface area contributed by atoms with Crippen LogP contribution in [-0.2, 0) is 13.0 Å². The number of nitrogens with zero attached hydrogens (tertiary/aromatic N) is 2. The van der Waals surface area contributed by atoms with Crippen LogP contribution in [0.2, 0.25) is 0 Å². The Kier molecular flexibility index (Phi) is 6.34. The van der Waals surface area contributed by atoms with Gasteiger partial charge in [-0.1, -0.05) is 30.3 Å². The molecule has 118 valence electrons. The van der Waals surface area contributed by atoms with Crippen LogP contribution in [0.5, 0.6) is 0 Å². The molecular weight excluding hydrogens is 272 g/mol. The highest BCUT2D eigenvalue weighted by atomic mass is 15.1. The molecule has 0 saturated carbocycles. The minimum absolute atomic E-state index is 0.349. The molecule has 0 radical (unpaired) electrons. The van der Waals surface area contributed by atoms with Crippen LogP contribution in [0.4, 0.5) is 5.95 Å². The second kappa shape index (κ2) is 8.49. The molecule has 1 heterocycles. The first kappa shape index (κ1) is 16.4. The van der Waals surface area contributed by atoms with Gasteiger partial charge in [0.15, 0.2) is 0 Å². The predicted octanol–water partition coefficient (Wildman–Crippen LogP) is 3.41. The van der Waals surface area contributed by atoms with E-state index in [1.807, 2.05) is 12.4 Å². The quantitative estimate of drug-likeness (QED) is 0.784. The van der Waals surface area contributed by atoms with Crippen molar-refractivity contribution in [1.82, 2.24) is 15.3 Å². The molecule has 0 unspecified atom stereocenters. The molecular formula is C18H26N4. The van der Waals surface area contributed by atoms with E-state index in [0.717, 1.165) is 24.9 Å². The third kappa shape index (κ3) is 5.82. The van der Waals surface area contributed by atoms with Crippen molar-refractivity contribution < 1.29 is 0 Å². The maximum Gasteiger partial charge on any atom is 0.222 e. The van der Waals surface area contributed by atoms with E-state index >= 15 is 0 Å². The minimum atomic E-state index is 0.349. The van der Waals surface area contributed by atoms with Gasteiger partial charge in [-0.05, 0) is 39.2 Å². The van der Waals surface area contributed by atoms with Crippen LogP contribution >= 0.6 is 0 Å². The van der Waals surface area contributed by atoms with E-state index in [1.165, 1.54) is 5.56 Å². The average molecular weight is 298 g/mol. The Morgan fingerprint density at radius 2 is 1.64 bits per heavy atom. The predicted molar refractivity (Wildman–Crippen MR) is 91.9 cm³/mol. The molecule has 1 aromatic carbocycles. The van der Waals surface area contributed by atoms with Gasteiger partial charge in [-0.3, -0.25) is 0 Å². The molecule has 0 aliphatic carbocycles. The third-order valence-corrected chi connectivity index (χ3v) is 3.49. The normalized spacial score (nSPS) is 12.4. The van der Waals surface area contributed by atoms with Crippen molar-refractivity contribution in [3.8, 4) is 0 Å². The second-order valence-electron chi connectivity index (χ2n) is 6.02. The van der Waals surface area contributed by atoms with E-state index in [0.29, 0.717) is 18.0 Å². The maximum atomic E-state index is 4.33. The SMILES string of the molecule is CC(C)Nc1ncc(CN[C@H](C)CCc2ccccc2)cn1. The summed E-state index contributed by atoms with van der Waals surface area (Å²) in [6, 6.07) is 11.4. The third-order valence-electron chi connectivity index (χ3n) is 3.49. The monoisotopic (exact) mass is 298 g/mol. The fourth-order valence-corrected chi connectivity index (χ4v) is 2.20. The van der Waals surface area contributed by atoms with Crippen molar-refractivity contribution in [2.45, 2.75) is 52.2 Å². The van der Waals surface area contributed by atoms with Crippen molar-refractivity contribution in [2.75, 3.05) is 5.32 Å². The summed E-state index contributed by atoms with van der Waals surface area (Å²) in [6.07, 6.45) is 5.99. The summed E-state index contributed by atoms with van der Waals surface area (Å²) in [7, 11) is 0. The Morgan fingerprint density at radius 3 is 2.27 bits per heavy atom. The standard InChI is InChI=1S/C18H26N4/c1-14(2)22-18-20-12-17(13-21-18)11-19-15(3)9-10-16-7-5-4-6-8-16/h4-8,12-15,19H,9-11H2,1-3H3,(H,20,21,22)/t15-/m1/s1. The highest BCUT2D eigenvalue weighted by molar-refractivity contribution is 5.25. The Balaban J connectivity index is 1.72. The lowest BCUT2D eigenvalue weighted by atomic mass is 10.1. The highest BCUT2D eigenvalue weighted by Crippen LogP contribution is 2.06. The number of rotatable bonds is 8. The number of hydrogen-bond acceptors (Lipinski definition) is 4. The Labute approximate surface area is 133 Å². The number of anilines is 1. The lowest BCUT2D eigenvalue weighted by molar-refractivity contribution is 0.513. The van der Waals surface area contributed by atoms with Crippen molar-refractivity contribution in [1.29, 1.82) is 0 Å². The lowest BCUT2D eigenvalue weighted by Crippen LogP contribution is -2.26. The number of aromatic nitrogens is 2. The molecule has 0 aliphatic rings. The number of aryl methyl sites for hydroxylation is 1. The summed E-state index contributed by atoms with van der Waals surface area (Å²) in [5, 5.41) is 6.72. The Bertz CT molecular complexity index is 537. The zero-order valence-corrected chi connectivity index (χ0v) is 13.7. The van der Waals surface area contributed by atoms with Gasteiger partial charge < -0.3 is 10.6 Å². The van der Waals surface area contributed by atoms with Crippen LogP contribution in [-0.4, -0.2) is 22.1 Å². The van der Waals surface area contributed by atoms with Gasteiger partial charge in [0.25, 0.3) is 0 Å². The maximum absolute atomic E-state index is 4.33. The topological polar surface area (TPSA) is 49.8 Å². The van der Waals surface area contributed by atoms with E-state index < -0.39 is 0 Å². The fraction of sp³-hybridized carbons (Fsp3) is 0.444. The van der Waals surface area contributed by atoms with Gasteiger partial charge in [0.1, 0.15) is 0 Å². The number of hydrogen-bond donors (Lipinski definition) is 2. The molecule has 1 atom stereocenters. The van der Waals surface area contributed by atoms with Crippen molar-refractivity contribution in [2.24, 2.45) is 0 Å². The minimum Gasteiger partial charge on any atom is -0.352 e. The molecule has 2 rings (SSSR count). The Morgan fingerprint density at radius 1 is 0.955 bits per heavy atom. The molecule has 0 fully saturated rings. The molecule has 2 aromatic rings. The zero-order chi connectivity index (χ0) is 15.8. The smallest absolute Gasteiger partial charge is 0.222 e. The Hall–Kier alpha value is -1.94. The van der Waals surface area contributed by atoms with Crippen LogP contribution in [0, 0.1) is 0 Å². The molecule has 0 aliphatic heterocycles. The fourth-order valence-electron chi connectivity index (χ4n) is 2.20. The highest BCUT2D eigenvalue weighted by Gasteiger charge is 2.04. The molecule has 0 spiro atoms. The summed E-state index contributed by atoms with van der Waals surface area (Å²) in [5.41, 5.74) is 2.50. The summed E-state index contributed by atoms with van der Waals surface area (Å²) in [6.45, 7) is 7.18. The first-order valence-electron chi connectivity index (χ1n) is 7.98. The summed E-state index contributed by atoms with van der Waals surface area (Å²) in [4.78, 5) is 8.66. The average Bonchev–Trinajstić information content (AvgIpc) is 2.53. The van der Waals surface area contributed by atoms with Gasteiger partial charge in [0.05, 0.1) is 0 Å². The first-order valence-corrected chi connectivity index (χ1v) is 7.98. The zero-order valence-electron chi connectivity index (χ0n) is 13.7. The van der Waals surface area contributed by atoms with Gasteiger partial charge >= 0.3 is 0 Å². The van der Waals surface area contributed by atoms with Crippen LogP contribution in [0.1, 0.15) is 38.3 Å². The van der Waals surface area contributed by atoms with Crippen molar-refractivity contribution >= 4 is 5.95 Å². The van der Waals surface area contributed by atoms with E-state index in [4.69, 9.17) is 0 Å². The molecule has 22 heavy (non-hydrogen) atoms. The van der Waals surface area contributed by atoms with E-state index in [9.17, 15) is 0 Å².